The topological polar surface area (TPSA) is 151 Å². The van der Waals surface area contributed by atoms with E-state index in [1.807, 2.05) is 31.1 Å². The molecule has 0 spiro atoms. The van der Waals surface area contributed by atoms with Crippen molar-refractivity contribution in [2.45, 2.75) is 37.3 Å². The van der Waals surface area contributed by atoms with Crippen LogP contribution in [0.25, 0.3) is 10.8 Å². The summed E-state index contributed by atoms with van der Waals surface area (Å²) in [5, 5.41) is 3.71. The maximum Gasteiger partial charge on any atom is 0.408 e. The first-order valence-corrected chi connectivity index (χ1v) is 15.1. The number of rotatable bonds is 11. The number of thioether (sulfide) groups is 1. The van der Waals surface area contributed by atoms with E-state index in [9.17, 15) is 27.6 Å². The van der Waals surface area contributed by atoms with Gasteiger partial charge in [-0.15, -0.1) is 11.8 Å². The van der Waals surface area contributed by atoms with Crippen molar-refractivity contribution in [1.82, 2.24) is 14.9 Å². The van der Waals surface area contributed by atoms with Crippen LogP contribution in [0.2, 0.25) is 0 Å². The predicted molar refractivity (Wildman–Crippen MR) is 156 cm³/mol. The minimum absolute atomic E-state index is 0.0445. The lowest BCUT2D eigenvalue weighted by atomic mass is 10.1. The van der Waals surface area contributed by atoms with Gasteiger partial charge in [-0.1, -0.05) is 24.3 Å². The van der Waals surface area contributed by atoms with Gasteiger partial charge in [0.1, 0.15) is 11.6 Å². The molecule has 0 saturated heterocycles. The average molecular weight is 607 g/mol. The van der Waals surface area contributed by atoms with Crippen molar-refractivity contribution in [2.24, 2.45) is 0 Å². The minimum atomic E-state index is -3.97. The first-order chi connectivity index (χ1) is 19.1. The molecule has 3 amide bonds. The maximum atomic E-state index is 13.2. The Morgan fingerprint density at radius 1 is 1.07 bits per heavy atom. The number of ether oxygens (including phenoxy) is 2. The van der Waals surface area contributed by atoms with Gasteiger partial charge < -0.3 is 19.7 Å². The van der Waals surface area contributed by atoms with Crippen molar-refractivity contribution in [1.29, 1.82) is 0 Å². The molecule has 0 fully saturated rings. The third-order valence-corrected chi connectivity index (χ3v) is 8.44. The van der Waals surface area contributed by atoms with E-state index >= 15 is 0 Å². The van der Waals surface area contributed by atoms with E-state index in [1.165, 1.54) is 6.07 Å². The van der Waals surface area contributed by atoms with E-state index in [2.05, 4.69) is 10.0 Å². The number of hydrogen-bond donors (Lipinski definition) is 2. The van der Waals surface area contributed by atoms with Crippen LogP contribution in [0.5, 0.6) is 0 Å². The molecule has 2 aromatic carbocycles. The van der Waals surface area contributed by atoms with Crippen molar-refractivity contribution in [3.63, 3.8) is 0 Å². The molecule has 14 heteroatoms. The van der Waals surface area contributed by atoms with Gasteiger partial charge in [0, 0.05) is 55.5 Å². The number of sulfonamides is 1. The molecule has 0 radical (unpaired) electrons. The lowest BCUT2D eigenvalue weighted by Gasteiger charge is -2.22. The van der Waals surface area contributed by atoms with Gasteiger partial charge in [0.2, 0.25) is 10.0 Å². The Kier molecular flexibility index (Phi) is 10.0. The first kappa shape index (κ1) is 31.9. The molecule has 1 aliphatic heterocycles. The fraction of sp³-hybridized carbons (Fsp3) is 0.407. The first-order valence-electron chi connectivity index (χ1n) is 12.6. The summed E-state index contributed by atoms with van der Waals surface area (Å²) in [6.45, 7) is 4.58. The summed E-state index contributed by atoms with van der Waals surface area (Å²) in [7, 11) is 0.918. The highest BCUT2D eigenvalue weighted by Gasteiger charge is 2.33. The molecule has 1 aliphatic rings. The molecule has 222 valence electrons. The van der Waals surface area contributed by atoms with Crippen LogP contribution in [0.1, 0.15) is 20.8 Å². The number of methoxy groups -OCH3 is 1. The van der Waals surface area contributed by atoms with E-state index in [1.54, 1.807) is 39.0 Å². The quantitative estimate of drug-likeness (QED) is 0.288. The molecule has 3 rings (SSSR count). The molecule has 1 atom stereocenters. The number of imide groups is 1. The molecule has 0 saturated carbocycles. The molecule has 0 bridgehead atoms. The zero-order valence-electron chi connectivity index (χ0n) is 23.7. The van der Waals surface area contributed by atoms with E-state index in [0.717, 1.165) is 40.9 Å². The number of alkyl carbamates (subject to hydrolysis) is 1. The van der Waals surface area contributed by atoms with E-state index < -0.39 is 45.5 Å². The molecule has 1 unspecified atom stereocenters. The van der Waals surface area contributed by atoms with E-state index in [-0.39, 0.29) is 28.6 Å². The second kappa shape index (κ2) is 12.9. The van der Waals surface area contributed by atoms with Gasteiger partial charge in [0.15, 0.2) is 0 Å². The normalized spacial score (nSPS) is 14.6. The number of nitrogens with one attached hydrogen (secondary N) is 2. The predicted octanol–water partition coefficient (Wildman–Crippen LogP) is 2.24. The van der Waals surface area contributed by atoms with Gasteiger partial charge in [0.25, 0.3) is 11.8 Å². The van der Waals surface area contributed by atoms with Gasteiger partial charge in [-0.3, -0.25) is 14.5 Å². The fourth-order valence-electron chi connectivity index (χ4n) is 3.99. The number of amides is 3. The SMILES string of the molecule is COC(=O)C(CSC1=CC(=O)N(CCNS(=O)(=O)c2cccc3c(N(C)C)cccc23)C1=O)NC(=O)OC(C)(C)C. The lowest BCUT2D eigenvalue weighted by molar-refractivity contribution is -0.142. The van der Waals surface area contributed by atoms with Crippen LogP contribution in [0.15, 0.2) is 52.3 Å². The number of nitrogens with zero attached hydrogens (tertiary/aromatic N) is 2. The molecule has 41 heavy (non-hydrogen) atoms. The summed E-state index contributed by atoms with van der Waals surface area (Å²) in [5.74, 6) is -2.11. The Bertz CT molecular complexity index is 1480. The molecule has 12 nitrogen and oxygen atoms in total. The van der Waals surface area contributed by atoms with Crippen LogP contribution in [-0.2, 0) is 33.9 Å². The number of hydrogen-bond acceptors (Lipinski definition) is 10. The van der Waals surface area contributed by atoms with Gasteiger partial charge >= 0.3 is 12.1 Å². The number of anilines is 1. The summed E-state index contributed by atoms with van der Waals surface area (Å²) in [4.78, 5) is 52.6. The summed E-state index contributed by atoms with van der Waals surface area (Å²) in [6.07, 6.45) is 0.269. The van der Waals surface area contributed by atoms with Gasteiger partial charge in [-0.2, -0.15) is 0 Å². The monoisotopic (exact) mass is 606 g/mol. The minimum Gasteiger partial charge on any atom is -0.467 e. The van der Waals surface area contributed by atoms with Crippen LogP contribution in [-0.4, -0.2) is 88.9 Å². The van der Waals surface area contributed by atoms with Crippen molar-refractivity contribution < 1.29 is 37.1 Å². The Morgan fingerprint density at radius 3 is 2.37 bits per heavy atom. The highest BCUT2D eigenvalue weighted by atomic mass is 32.2. The second-order valence-corrected chi connectivity index (χ2v) is 13.1. The summed E-state index contributed by atoms with van der Waals surface area (Å²) >= 11 is 0.888. The van der Waals surface area contributed by atoms with Crippen LogP contribution < -0.4 is 14.9 Å². The highest BCUT2D eigenvalue weighted by Crippen LogP contribution is 2.30. The lowest BCUT2D eigenvalue weighted by Crippen LogP contribution is -2.45. The Hall–Kier alpha value is -3.62. The highest BCUT2D eigenvalue weighted by molar-refractivity contribution is 8.04. The number of esters is 1. The maximum absolute atomic E-state index is 13.2. The number of fused-ring (bicyclic) bond motifs is 1. The molecule has 0 aliphatic carbocycles. The van der Waals surface area contributed by atoms with Gasteiger partial charge in [0.05, 0.1) is 16.9 Å². The van der Waals surface area contributed by atoms with Crippen LogP contribution in [0.4, 0.5) is 10.5 Å². The van der Waals surface area contributed by atoms with Crippen LogP contribution >= 0.6 is 11.8 Å². The smallest absolute Gasteiger partial charge is 0.408 e. The second-order valence-electron chi connectivity index (χ2n) is 10.3. The summed E-state index contributed by atoms with van der Waals surface area (Å²) in [5.41, 5.74) is 0.0682. The van der Waals surface area contributed by atoms with Crippen molar-refractivity contribution in [2.75, 3.05) is 44.9 Å². The third kappa shape index (κ3) is 7.99. The van der Waals surface area contributed by atoms with Crippen molar-refractivity contribution >= 4 is 62.1 Å². The molecule has 2 aromatic rings. The zero-order chi connectivity index (χ0) is 30.5. The summed E-state index contributed by atoms with van der Waals surface area (Å²) < 4.78 is 38.7. The Balaban J connectivity index is 1.62. The average Bonchev–Trinajstić information content (AvgIpc) is 3.16. The molecule has 1 heterocycles. The van der Waals surface area contributed by atoms with Crippen molar-refractivity contribution in [3.05, 3.63) is 47.4 Å². The number of benzene rings is 2. The van der Waals surface area contributed by atoms with E-state index in [0.29, 0.717) is 5.39 Å². The van der Waals surface area contributed by atoms with E-state index in [4.69, 9.17) is 9.47 Å². The van der Waals surface area contributed by atoms with Crippen LogP contribution in [0.3, 0.4) is 0 Å². The standard InChI is InChI=1S/C27H34N4O8S2/c1-27(2,3)39-26(35)29-19(25(34)38-6)16-40-21-15-23(32)31(24(21)33)14-13-28-41(36,37)22-12-8-9-17-18(22)10-7-11-20(17)30(4)5/h7-12,15,19,28H,13-14,16H2,1-6H3,(H,29,35). The molecule has 0 aromatic heterocycles. The largest absolute Gasteiger partial charge is 0.467 e. The molecule has 2 N–H and O–H groups in total. The Morgan fingerprint density at radius 2 is 1.73 bits per heavy atom. The van der Waals surface area contributed by atoms with Gasteiger partial charge in [-0.05, 0) is 32.9 Å². The van der Waals surface area contributed by atoms with Crippen LogP contribution in [0, 0.1) is 0 Å². The Labute approximate surface area is 243 Å². The zero-order valence-corrected chi connectivity index (χ0v) is 25.4. The fourth-order valence-corrected chi connectivity index (χ4v) is 6.22. The third-order valence-electron chi connectivity index (χ3n) is 5.82. The van der Waals surface area contributed by atoms with Crippen molar-refractivity contribution in [3.8, 4) is 0 Å². The molecular weight excluding hydrogens is 572 g/mol. The summed E-state index contributed by atoms with van der Waals surface area (Å²) in [6, 6.07) is 9.23. The number of carbonyl (C=O) groups excluding carboxylic acids is 4. The molecular formula is C27H34N4O8S2. The van der Waals surface area contributed by atoms with Gasteiger partial charge in [-0.25, -0.2) is 22.7 Å². The number of carbonyl (C=O) groups is 4.